The predicted molar refractivity (Wildman–Crippen MR) is 71.2 cm³/mol. The molecule has 1 aliphatic heterocycles. The van der Waals surface area contributed by atoms with Crippen molar-refractivity contribution in [3.05, 3.63) is 0 Å². The number of carbonyl (C=O) groups excluding carboxylic acids is 1. The van der Waals surface area contributed by atoms with Crippen LogP contribution in [0, 0.1) is 5.92 Å². The molecule has 104 valence electrons. The van der Waals surface area contributed by atoms with Crippen LogP contribution in [-0.4, -0.2) is 36.2 Å². The first-order valence-corrected chi connectivity index (χ1v) is 7.45. The molecule has 4 heteroatoms. The van der Waals surface area contributed by atoms with Crippen LogP contribution in [0.25, 0.3) is 0 Å². The third-order valence-corrected chi connectivity index (χ3v) is 4.27. The zero-order valence-electron chi connectivity index (χ0n) is 11.2. The zero-order chi connectivity index (χ0) is 12.8. The molecule has 4 nitrogen and oxygen atoms in total. The van der Waals surface area contributed by atoms with Crippen molar-refractivity contribution >= 4 is 5.91 Å². The minimum Gasteiger partial charge on any atom is -0.393 e. The van der Waals surface area contributed by atoms with E-state index in [1.165, 1.54) is 19.3 Å². The van der Waals surface area contributed by atoms with Gasteiger partial charge in [0.15, 0.2) is 0 Å². The predicted octanol–water partition coefficient (Wildman–Crippen LogP) is 1.19. The highest BCUT2D eigenvalue weighted by Crippen LogP contribution is 2.24. The van der Waals surface area contributed by atoms with Crippen molar-refractivity contribution in [2.75, 3.05) is 13.1 Å². The van der Waals surface area contributed by atoms with Crippen molar-refractivity contribution in [2.24, 2.45) is 5.92 Å². The van der Waals surface area contributed by atoms with E-state index in [2.05, 4.69) is 10.6 Å². The Morgan fingerprint density at radius 1 is 1.17 bits per heavy atom. The van der Waals surface area contributed by atoms with Gasteiger partial charge in [0.05, 0.1) is 6.10 Å². The quantitative estimate of drug-likeness (QED) is 0.706. The summed E-state index contributed by atoms with van der Waals surface area (Å²) in [6, 6.07) is 0.590. The molecule has 0 radical (unpaired) electrons. The summed E-state index contributed by atoms with van der Waals surface area (Å²) in [5.41, 5.74) is 0. The molecule has 1 saturated heterocycles. The van der Waals surface area contributed by atoms with E-state index in [4.69, 9.17) is 0 Å². The minimum absolute atomic E-state index is 0.132. The van der Waals surface area contributed by atoms with Gasteiger partial charge >= 0.3 is 0 Å². The monoisotopic (exact) mass is 254 g/mol. The highest BCUT2D eigenvalue weighted by Gasteiger charge is 2.25. The van der Waals surface area contributed by atoms with E-state index in [9.17, 15) is 9.90 Å². The Balaban J connectivity index is 1.59. The van der Waals surface area contributed by atoms with E-state index in [1.807, 2.05) is 0 Å². The van der Waals surface area contributed by atoms with Gasteiger partial charge in [-0.3, -0.25) is 4.79 Å². The van der Waals surface area contributed by atoms with Crippen LogP contribution in [0.15, 0.2) is 0 Å². The van der Waals surface area contributed by atoms with Crippen molar-refractivity contribution in [1.82, 2.24) is 10.6 Å². The van der Waals surface area contributed by atoms with Gasteiger partial charge in [0.1, 0.15) is 0 Å². The molecule has 2 fully saturated rings. The molecule has 18 heavy (non-hydrogen) atoms. The maximum Gasteiger partial charge on any atom is 0.223 e. The first-order chi connectivity index (χ1) is 8.75. The Morgan fingerprint density at radius 2 is 1.94 bits per heavy atom. The molecule has 1 heterocycles. The largest absolute Gasteiger partial charge is 0.393 e. The minimum atomic E-state index is -0.180. The molecule has 0 spiro atoms. The average Bonchev–Trinajstić information content (AvgIpc) is 2.40. The summed E-state index contributed by atoms with van der Waals surface area (Å²) in [7, 11) is 0. The van der Waals surface area contributed by atoms with Crippen molar-refractivity contribution in [2.45, 2.75) is 63.5 Å². The number of aliphatic hydroxyl groups is 1. The standard InChI is InChI=1S/C14H26N2O2/c17-13-6-4-11(5-7-13)14(18)16-10-8-12-3-1-2-9-15-12/h11-13,15,17H,1-10H2,(H,16,18). The smallest absolute Gasteiger partial charge is 0.223 e. The molecule has 1 amide bonds. The second-order valence-electron chi connectivity index (χ2n) is 5.73. The highest BCUT2D eigenvalue weighted by molar-refractivity contribution is 5.78. The molecule has 0 aromatic carbocycles. The van der Waals surface area contributed by atoms with Gasteiger partial charge in [-0.1, -0.05) is 6.42 Å². The van der Waals surface area contributed by atoms with Gasteiger partial charge < -0.3 is 15.7 Å². The molecule has 2 aliphatic rings. The van der Waals surface area contributed by atoms with E-state index >= 15 is 0 Å². The first-order valence-electron chi connectivity index (χ1n) is 7.45. The summed E-state index contributed by atoms with van der Waals surface area (Å²) >= 11 is 0. The van der Waals surface area contributed by atoms with Gasteiger partial charge in [-0.15, -0.1) is 0 Å². The topological polar surface area (TPSA) is 61.4 Å². The molecule has 1 unspecified atom stereocenters. The van der Waals surface area contributed by atoms with Gasteiger partial charge in [0.25, 0.3) is 0 Å². The van der Waals surface area contributed by atoms with E-state index in [-0.39, 0.29) is 17.9 Å². The second-order valence-corrected chi connectivity index (χ2v) is 5.73. The number of rotatable bonds is 4. The lowest BCUT2D eigenvalue weighted by Gasteiger charge is -2.26. The number of carbonyl (C=O) groups is 1. The van der Waals surface area contributed by atoms with Crippen LogP contribution in [0.1, 0.15) is 51.4 Å². The molecule has 0 aromatic rings. The number of nitrogens with one attached hydrogen (secondary N) is 2. The number of amides is 1. The van der Waals surface area contributed by atoms with Crippen LogP contribution in [0.4, 0.5) is 0 Å². The summed E-state index contributed by atoms with van der Waals surface area (Å²) < 4.78 is 0. The van der Waals surface area contributed by atoms with Crippen LogP contribution < -0.4 is 10.6 Å². The van der Waals surface area contributed by atoms with Crippen LogP contribution in [0.2, 0.25) is 0 Å². The third kappa shape index (κ3) is 4.25. The Morgan fingerprint density at radius 3 is 2.61 bits per heavy atom. The van der Waals surface area contributed by atoms with Crippen molar-refractivity contribution in [1.29, 1.82) is 0 Å². The molecule has 0 bridgehead atoms. The number of hydrogen-bond donors (Lipinski definition) is 3. The molecular weight excluding hydrogens is 228 g/mol. The normalized spacial score (nSPS) is 33.1. The Kier molecular flexibility index (Phi) is 5.45. The van der Waals surface area contributed by atoms with Gasteiger partial charge in [0, 0.05) is 18.5 Å². The van der Waals surface area contributed by atoms with E-state index in [0.29, 0.717) is 6.04 Å². The lowest BCUT2D eigenvalue weighted by Crippen LogP contribution is -2.39. The van der Waals surface area contributed by atoms with Crippen LogP contribution in [0.3, 0.4) is 0 Å². The van der Waals surface area contributed by atoms with Crippen molar-refractivity contribution in [3.8, 4) is 0 Å². The number of aliphatic hydroxyl groups excluding tert-OH is 1. The fraction of sp³-hybridized carbons (Fsp3) is 0.929. The van der Waals surface area contributed by atoms with Crippen LogP contribution >= 0.6 is 0 Å². The van der Waals surface area contributed by atoms with Crippen molar-refractivity contribution in [3.63, 3.8) is 0 Å². The second kappa shape index (κ2) is 7.10. The Labute approximate surface area is 110 Å². The number of hydrogen-bond acceptors (Lipinski definition) is 3. The summed E-state index contributed by atoms with van der Waals surface area (Å²) in [6.45, 7) is 1.91. The van der Waals surface area contributed by atoms with Gasteiger partial charge in [-0.2, -0.15) is 0 Å². The molecule has 2 rings (SSSR count). The lowest BCUT2D eigenvalue weighted by molar-refractivity contribution is -0.126. The highest BCUT2D eigenvalue weighted by atomic mass is 16.3. The number of piperidine rings is 1. The molecule has 0 aromatic heterocycles. The molecule has 1 aliphatic carbocycles. The fourth-order valence-corrected chi connectivity index (χ4v) is 3.02. The van der Waals surface area contributed by atoms with E-state index < -0.39 is 0 Å². The summed E-state index contributed by atoms with van der Waals surface area (Å²) in [5, 5.41) is 16.0. The summed E-state index contributed by atoms with van der Waals surface area (Å²) in [6.07, 6.45) is 7.94. The SMILES string of the molecule is O=C(NCCC1CCCCN1)C1CCC(O)CC1. The average molecular weight is 254 g/mol. The Hall–Kier alpha value is -0.610. The van der Waals surface area contributed by atoms with Crippen molar-refractivity contribution < 1.29 is 9.90 Å². The van der Waals surface area contributed by atoms with E-state index in [1.54, 1.807) is 0 Å². The van der Waals surface area contributed by atoms with Crippen LogP contribution in [0.5, 0.6) is 0 Å². The van der Waals surface area contributed by atoms with E-state index in [0.717, 1.165) is 45.2 Å². The maximum absolute atomic E-state index is 11.9. The molecule has 1 saturated carbocycles. The first kappa shape index (κ1) is 13.8. The summed E-state index contributed by atoms with van der Waals surface area (Å²) in [4.78, 5) is 11.9. The fourth-order valence-electron chi connectivity index (χ4n) is 3.02. The lowest BCUT2D eigenvalue weighted by atomic mass is 9.87. The van der Waals surface area contributed by atoms with Gasteiger partial charge in [-0.25, -0.2) is 0 Å². The van der Waals surface area contributed by atoms with Gasteiger partial charge in [0.2, 0.25) is 5.91 Å². The maximum atomic E-state index is 11.9. The third-order valence-electron chi connectivity index (χ3n) is 4.27. The molecule has 1 atom stereocenters. The zero-order valence-corrected chi connectivity index (χ0v) is 11.2. The van der Waals surface area contributed by atoms with Crippen LogP contribution in [-0.2, 0) is 4.79 Å². The van der Waals surface area contributed by atoms with Gasteiger partial charge in [-0.05, 0) is 51.5 Å². The summed E-state index contributed by atoms with van der Waals surface area (Å²) in [5.74, 6) is 0.324. The Bertz CT molecular complexity index is 257. The molecule has 3 N–H and O–H groups in total. The molecular formula is C14H26N2O2.